The summed E-state index contributed by atoms with van der Waals surface area (Å²) in [7, 11) is 0. The van der Waals surface area contributed by atoms with Gasteiger partial charge >= 0.3 is 0 Å². The SMILES string of the molecule is CC(C)Oc1ccc(C(=O)N2CCCCC2CCBr)cc1. The van der Waals surface area contributed by atoms with Gasteiger partial charge in [-0.1, -0.05) is 15.9 Å². The van der Waals surface area contributed by atoms with E-state index < -0.39 is 0 Å². The van der Waals surface area contributed by atoms with Crippen molar-refractivity contribution in [1.82, 2.24) is 4.90 Å². The number of rotatable bonds is 5. The molecule has 1 saturated heterocycles. The van der Waals surface area contributed by atoms with Gasteiger partial charge in [0, 0.05) is 23.5 Å². The van der Waals surface area contributed by atoms with Gasteiger partial charge in [-0.05, 0) is 63.8 Å². The second-order valence-corrected chi connectivity index (χ2v) is 6.61. The molecule has 1 amide bonds. The number of hydrogen-bond donors (Lipinski definition) is 0. The van der Waals surface area contributed by atoms with Gasteiger partial charge in [0.05, 0.1) is 6.10 Å². The van der Waals surface area contributed by atoms with E-state index in [4.69, 9.17) is 4.74 Å². The third-order valence-electron chi connectivity index (χ3n) is 3.80. The lowest BCUT2D eigenvalue weighted by Gasteiger charge is -2.35. The van der Waals surface area contributed by atoms with E-state index in [-0.39, 0.29) is 12.0 Å². The van der Waals surface area contributed by atoms with Gasteiger partial charge in [0.25, 0.3) is 5.91 Å². The van der Waals surface area contributed by atoms with Gasteiger partial charge < -0.3 is 9.64 Å². The predicted octanol–water partition coefficient (Wildman–Crippen LogP) is 4.25. The minimum atomic E-state index is 0.150. The quantitative estimate of drug-likeness (QED) is 0.740. The first-order valence-electron chi connectivity index (χ1n) is 7.75. The summed E-state index contributed by atoms with van der Waals surface area (Å²) in [5.74, 6) is 0.967. The molecule has 1 aliphatic rings. The lowest BCUT2D eigenvalue weighted by Crippen LogP contribution is -2.43. The molecular weight excluding hydrogens is 330 g/mol. The van der Waals surface area contributed by atoms with Crippen LogP contribution < -0.4 is 4.74 Å². The van der Waals surface area contributed by atoms with Gasteiger partial charge in [0.1, 0.15) is 5.75 Å². The highest BCUT2D eigenvalue weighted by molar-refractivity contribution is 9.09. The lowest BCUT2D eigenvalue weighted by atomic mass is 9.99. The van der Waals surface area contributed by atoms with E-state index in [1.165, 1.54) is 6.42 Å². The molecule has 1 aromatic carbocycles. The van der Waals surface area contributed by atoms with E-state index >= 15 is 0 Å². The number of amides is 1. The van der Waals surface area contributed by atoms with Crippen LogP contribution in [0.15, 0.2) is 24.3 Å². The number of likely N-dealkylation sites (tertiary alicyclic amines) is 1. The fourth-order valence-corrected chi connectivity index (χ4v) is 3.34. The first-order chi connectivity index (χ1) is 10.1. The predicted molar refractivity (Wildman–Crippen MR) is 89.3 cm³/mol. The van der Waals surface area contributed by atoms with Crippen molar-refractivity contribution >= 4 is 21.8 Å². The number of carbonyl (C=O) groups is 1. The molecule has 4 heteroatoms. The van der Waals surface area contributed by atoms with Crippen LogP contribution in [0.1, 0.15) is 49.9 Å². The summed E-state index contributed by atoms with van der Waals surface area (Å²) in [6.45, 7) is 4.87. The van der Waals surface area contributed by atoms with Crippen molar-refractivity contribution in [3.63, 3.8) is 0 Å². The Morgan fingerprint density at radius 3 is 2.67 bits per heavy atom. The molecule has 2 rings (SSSR count). The summed E-state index contributed by atoms with van der Waals surface area (Å²) in [6.07, 6.45) is 4.63. The summed E-state index contributed by atoms with van der Waals surface area (Å²) in [4.78, 5) is 14.7. The average molecular weight is 354 g/mol. The van der Waals surface area contributed by atoms with Crippen molar-refractivity contribution in [2.45, 2.75) is 51.7 Å². The summed E-state index contributed by atoms with van der Waals surface area (Å²) >= 11 is 3.50. The van der Waals surface area contributed by atoms with Crippen LogP contribution in [-0.4, -0.2) is 34.8 Å². The zero-order valence-electron chi connectivity index (χ0n) is 12.8. The molecule has 1 heterocycles. The molecule has 1 aliphatic heterocycles. The fraction of sp³-hybridized carbons (Fsp3) is 0.588. The third kappa shape index (κ3) is 4.47. The minimum absolute atomic E-state index is 0.150. The highest BCUT2D eigenvalue weighted by atomic mass is 79.9. The van der Waals surface area contributed by atoms with Crippen molar-refractivity contribution in [2.24, 2.45) is 0 Å². The Labute approximate surface area is 135 Å². The van der Waals surface area contributed by atoms with E-state index in [0.29, 0.717) is 6.04 Å². The first-order valence-corrected chi connectivity index (χ1v) is 8.87. The number of ether oxygens (including phenoxy) is 1. The van der Waals surface area contributed by atoms with Gasteiger partial charge in [0.2, 0.25) is 0 Å². The van der Waals surface area contributed by atoms with Crippen molar-refractivity contribution in [2.75, 3.05) is 11.9 Å². The molecule has 0 radical (unpaired) electrons. The van der Waals surface area contributed by atoms with Gasteiger partial charge in [-0.25, -0.2) is 0 Å². The highest BCUT2D eigenvalue weighted by Gasteiger charge is 2.26. The average Bonchev–Trinajstić information content (AvgIpc) is 2.48. The Bertz CT molecular complexity index is 456. The summed E-state index contributed by atoms with van der Waals surface area (Å²) in [6, 6.07) is 7.89. The summed E-state index contributed by atoms with van der Waals surface area (Å²) < 4.78 is 5.62. The van der Waals surface area contributed by atoms with Gasteiger partial charge in [0.15, 0.2) is 0 Å². The normalized spacial score (nSPS) is 18.9. The number of benzene rings is 1. The molecular formula is C17H24BrNO2. The zero-order chi connectivity index (χ0) is 15.2. The van der Waals surface area contributed by atoms with Crippen molar-refractivity contribution in [3.05, 3.63) is 29.8 Å². The molecule has 0 spiro atoms. The first kappa shape index (κ1) is 16.3. The Kier molecular flexibility index (Phi) is 6.09. The maximum Gasteiger partial charge on any atom is 0.254 e. The smallest absolute Gasteiger partial charge is 0.254 e. The number of nitrogens with zero attached hydrogens (tertiary/aromatic N) is 1. The highest BCUT2D eigenvalue weighted by Crippen LogP contribution is 2.23. The standard InChI is InChI=1S/C17H24BrNO2/c1-13(2)21-16-8-6-14(7-9-16)17(20)19-12-4-3-5-15(19)10-11-18/h6-9,13,15H,3-5,10-12H2,1-2H3. The van der Waals surface area contributed by atoms with E-state index in [1.807, 2.05) is 43.0 Å². The number of alkyl halides is 1. The molecule has 0 N–H and O–H groups in total. The van der Waals surface area contributed by atoms with Gasteiger partial charge in [-0.15, -0.1) is 0 Å². The molecule has 1 fully saturated rings. The second kappa shape index (κ2) is 7.83. The van der Waals surface area contributed by atoms with Gasteiger partial charge in [-0.3, -0.25) is 4.79 Å². The van der Waals surface area contributed by atoms with Crippen LogP contribution in [0.4, 0.5) is 0 Å². The largest absolute Gasteiger partial charge is 0.491 e. The molecule has 0 aliphatic carbocycles. The number of carbonyl (C=O) groups excluding carboxylic acids is 1. The molecule has 0 saturated carbocycles. The van der Waals surface area contributed by atoms with E-state index in [9.17, 15) is 4.79 Å². The Hall–Kier alpha value is -1.03. The van der Waals surface area contributed by atoms with Crippen molar-refractivity contribution in [1.29, 1.82) is 0 Å². The number of hydrogen-bond acceptors (Lipinski definition) is 2. The molecule has 1 unspecified atom stereocenters. The van der Waals surface area contributed by atoms with Crippen molar-refractivity contribution in [3.8, 4) is 5.75 Å². The van der Waals surface area contributed by atoms with Crippen LogP contribution in [0.25, 0.3) is 0 Å². The van der Waals surface area contributed by atoms with Crippen molar-refractivity contribution < 1.29 is 9.53 Å². The Morgan fingerprint density at radius 2 is 2.05 bits per heavy atom. The Morgan fingerprint density at radius 1 is 1.33 bits per heavy atom. The summed E-state index contributed by atoms with van der Waals surface area (Å²) in [5.41, 5.74) is 0.757. The second-order valence-electron chi connectivity index (χ2n) is 5.82. The third-order valence-corrected chi connectivity index (χ3v) is 4.26. The fourth-order valence-electron chi connectivity index (χ4n) is 2.81. The monoisotopic (exact) mass is 353 g/mol. The van der Waals surface area contributed by atoms with E-state index in [0.717, 1.165) is 42.5 Å². The lowest BCUT2D eigenvalue weighted by molar-refractivity contribution is 0.0610. The van der Waals surface area contributed by atoms with Crippen LogP contribution in [0.5, 0.6) is 5.75 Å². The summed E-state index contributed by atoms with van der Waals surface area (Å²) in [5, 5.41) is 0.947. The molecule has 21 heavy (non-hydrogen) atoms. The molecule has 1 atom stereocenters. The van der Waals surface area contributed by atoms with Crippen LogP contribution in [0, 0.1) is 0 Å². The van der Waals surface area contributed by atoms with E-state index in [2.05, 4.69) is 15.9 Å². The van der Waals surface area contributed by atoms with E-state index in [1.54, 1.807) is 0 Å². The molecule has 116 valence electrons. The van der Waals surface area contributed by atoms with Crippen LogP contribution in [0.3, 0.4) is 0 Å². The van der Waals surface area contributed by atoms with Crippen LogP contribution >= 0.6 is 15.9 Å². The van der Waals surface area contributed by atoms with Crippen LogP contribution in [0.2, 0.25) is 0 Å². The Balaban J connectivity index is 2.07. The topological polar surface area (TPSA) is 29.5 Å². The van der Waals surface area contributed by atoms with Gasteiger partial charge in [-0.2, -0.15) is 0 Å². The maximum atomic E-state index is 12.7. The molecule has 0 bridgehead atoms. The number of piperidine rings is 1. The molecule has 0 aromatic heterocycles. The maximum absolute atomic E-state index is 12.7. The molecule has 3 nitrogen and oxygen atoms in total. The number of halogens is 1. The molecule has 1 aromatic rings. The van der Waals surface area contributed by atoms with Crippen LogP contribution in [-0.2, 0) is 0 Å². The minimum Gasteiger partial charge on any atom is -0.491 e. The zero-order valence-corrected chi connectivity index (χ0v) is 14.4.